The first-order valence-electron chi connectivity index (χ1n) is 4.84. The van der Waals surface area contributed by atoms with E-state index in [9.17, 15) is 4.79 Å². The van der Waals surface area contributed by atoms with Gasteiger partial charge in [0.05, 0.1) is 0 Å². The molecule has 15 heavy (non-hydrogen) atoms. The van der Waals surface area contributed by atoms with E-state index in [2.05, 4.69) is 10.3 Å². The topological polar surface area (TPSA) is 44.9 Å². The zero-order valence-electron chi connectivity index (χ0n) is 7.93. The second-order valence-corrected chi connectivity index (χ2v) is 4.11. The molecule has 0 bridgehead atoms. The summed E-state index contributed by atoms with van der Waals surface area (Å²) in [6.45, 7) is 0.700. The molecule has 0 atom stereocenters. The number of benzene rings is 1. The van der Waals surface area contributed by atoms with E-state index in [4.69, 9.17) is 11.6 Å². The molecule has 0 spiro atoms. The van der Waals surface area contributed by atoms with Crippen LogP contribution in [0.5, 0.6) is 0 Å². The van der Waals surface area contributed by atoms with Gasteiger partial charge in [-0.05, 0) is 30.2 Å². The van der Waals surface area contributed by atoms with Crippen molar-refractivity contribution in [1.82, 2.24) is 10.3 Å². The van der Waals surface area contributed by atoms with Crippen LogP contribution in [0.2, 0.25) is 5.02 Å². The maximum atomic E-state index is 11.6. The Labute approximate surface area is 91.4 Å². The number of carbonyl (C=O) groups is 1. The van der Waals surface area contributed by atoms with Crippen LogP contribution in [0.4, 0.5) is 0 Å². The monoisotopic (exact) mass is 220 g/mol. The van der Waals surface area contributed by atoms with Gasteiger partial charge >= 0.3 is 0 Å². The van der Waals surface area contributed by atoms with E-state index in [1.807, 2.05) is 18.2 Å². The van der Waals surface area contributed by atoms with Crippen LogP contribution in [0.3, 0.4) is 0 Å². The number of aromatic nitrogens is 1. The lowest BCUT2D eigenvalue weighted by molar-refractivity contribution is 0.0942. The van der Waals surface area contributed by atoms with Crippen LogP contribution in [-0.2, 0) is 6.42 Å². The number of aromatic amines is 1. The summed E-state index contributed by atoms with van der Waals surface area (Å²) in [5.74, 6) is -0.0245. The fraction of sp³-hybridized carbons (Fsp3) is 0.182. The van der Waals surface area contributed by atoms with Gasteiger partial charge in [0.15, 0.2) is 0 Å². The summed E-state index contributed by atoms with van der Waals surface area (Å²) in [6.07, 6.45) is 0.863. The summed E-state index contributed by atoms with van der Waals surface area (Å²) >= 11 is 5.94. The Morgan fingerprint density at radius 3 is 3.07 bits per heavy atom. The smallest absolute Gasteiger partial charge is 0.268 e. The maximum Gasteiger partial charge on any atom is 0.268 e. The molecule has 4 heteroatoms. The highest BCUT2D eigenvalue weighted by Crippen LogP contribution is 2.27. The quantitative estimate of drug-likeness (QED) is 0.702. The Kier molecular flexibility index (Phi) is 1.76. The Morgan fingerprint density at radius 1 is 1.33 bits per heavy atom. The molecule has 0 radical (unpaired) electrons. The summed E-state index contributed by atoms with van der Waals surface area (Å²) in [5, 5.41) is 4.58. The number of H-pyrrole nitrogens is 1. The minimum Gasteiger partial charge on any atom is -0.350 e. The average molecular weight is 221 g/mol. The second-order valence-electron chi connectivity index (χ2n) is 3.67. The van der Waals surface area contributed by atoms with Crippen LogP contribution in [0.1, 0.15) is 16.1 Å². The van der Waals surface area contributed by atoms with Gasteiger partial charge in [-0.2, -0.15) is 0 Å². The average Bonchev–Trinajstić information content (AvgIpc) is 2.58. The SMILES string of the molecule is O=C1NCCc2c1[nH]c1ccc(Cl)cc21. The standard InChI is InChI=1S/C11H9ClN2O/c12-6-1-2-9-8(5-6)7-3-4-13-11(15)10(7)14-9/h1-2,5,14H,3-4H2,(H,13,15). The van der Waals surface area contributed by atoms with Gasteiger partial charge in [-0.25, -0.2) is 0 Å². The van der Waals surface area contributed by atoms with Crippen molar-refractivity contribution in [2.75, 3.05) is 6.54 Å². The largest absolute Gasteiger partial charge is 0.350 e. The summed E-state index contributed by atoms with van der Waals surface area (Å²) < 4.78 is 0. The number of hydrogen-bond acceptors (Lipinski definition) is 1. The molecule has 0 unspecified atom stereocenters. The molecule has 3 nitrogen and oxygen atoms in total. The number of nitrogens with one attached hydrogen (secondary N) is 2. The maximum absolute atomic E-state index is 11.6. The van der Waals surface area contributed by atoms with Gasteiger partial charge in [0.25, 0.3) is 5.91 Å². The fourth-order valence-corrected chi connectivity index (χ4v) is 2.23. The Morgan fingerprint density at radius 2 is 2.20 bits per heavy atom. The number of amides is 1. The third kappa shape index (κ3) is 1.23. The van der Waals surface area contributed by atoms with Crippen molar-refractivity contribution >= 4 is 28.4 Å². The van der Waals surface area contributed by atoms with Crippen LogP contribution in [0.25, 0.3) is 10.9 Å². The molecule has 1 aliphatic heterocycles. The molecular formula is C11H9ClN2O. The molecule has 0 saturated heterocycles. The van der Waals surface area contributed by atoms with E-state index < -0.39 is 0 Å². The van der Waals surface area contributed by atoms with Crippen LogP contribution in [0, 0.1) is 0 Å². The zero-order valence-corrected chi connectivity index (χ0v) is 8.69. The molecular weight excluding hydrogens is 212 g/mol. The first-order chi connectivity index (χ1) is 7.25. The van der Waals surface area contributed by atoms with Crippen molar-refractivity contribution in [2.24, 2.45) is 0 Å². The summed E-state index contributed by atoms with van der Waals surface area (Å²) in [6, 6.07) is 5.64. The number of rotatable bonds is 0. The van der Waals surface area contributed by atoms with Crippen molar-refractivity contribution in [3.8, 4) is 0 Å². The van der Waals surface area contributed by atoms with Gasteiger partial charge in [0.2, 0.25) is 0 Å². The molecule has 76 valence electrons. The number of halogens is 1. The predicted molar refractivity (Wildman–Crippen MR) is 59.3 cm³/mol. The predicted octanol–water partition coefficient (Wildman–Crippen LogP) is 2.11. The van der Waals surface area contributed by atoms with Gasteiger partial charge in [-0.1, -0.05) is 11.6 Å². The molecule has 1 aromatic heterocycles. The van der Waals surface area contributed by atoms with Gasteiger partial charge in [0.1, 0.15) is 5.69 Å². The van der Waals surface area contributed by atoms with E-state index in [1.54, 1.807) is 0 Å². The van der Waals surface area contributed by atoms with Crippen molar-refractivity contribution in [1.29, 1.82) is 0 Å². The first kappa shape index (κ1) is 8.80. The van der Waals surface area contributed by atoms with Gasteiger partial charge in [-0.3, -0.25) is 4.79 Å². The molecule has 0 saturated carbocycles. The molecule has 0 fully saturated rings. The van der Waals surface area contributed by atoms with Crippen LogP contribution in [0.15, 0.2) is 18.2 Å². The van der Waals surface area contributed by atoms with Crippen molar-refractivity contribution in [2.45, 2.75) is 6.42 Å². The highest BCUT2D eigenvalue weighted by atomic mass is 35.5. The normalized spacial score (nSPS) is 15.1. The van der Waals surface area contributed by atoms with E-state index in [0.717, 1.165) is 22.9 Å². The minimum absolute atomic E-state index is 0.0245. The van der Waals surface area contributed by atoms with Crippen LogP contribution < -0.4 is 5.32 Å². The zero-order chi connectivity index (χ0) is 10.4. The Hall–Kier alpha value is -1.48. The minimum atomic E-state index is -0.0245. The number of hydrogen-bond donors (Lipinski definition) is 2. The van der Waals surface area contributed by atoms with Gasteiger partial charge in [0, 0.05) is 22.5 Å². The summed E-state index contributed by atoms with van der Waals surface area (Å²) in [7, 11) is 0. The molecule has 2 aromatic rings. The van der Waals surface area contributed by atoms with E-state index in [-0.39, 0.29) is 5.91 Å². The molecule has 0 aliphatic carbocycles. The molecule has 1 amide bonds. The Balaban J connectivity index is 2.36. The van der Waals surface area contributed by atoms with Crippen molar-refractivity contribution in [3.05, 3.63) is 34.5 Å². The molecule has 3 rings (SSSR count). The van der Waals surface area contributed by atoms with Gasteiger partial charge in [-0.15, -0.1) is 0 Å². The lowest BCUT2D eigenvalue weighted by atomic mass is 10.0. The molecule has 2 N–H and O–H groups in total. The lowest BCUT2D eigenvalue weighted by Crippen LogP contribution is -2.31. The van der Waals surface area contributed by atoms with E-state index in [1.165, 1.54) is 0 Å². The number of carbonyl (C=O) groups excluding carboxylic acids is 1. The Bertz CT molecular complexity index is 559. The molecule has 1 aromatic carbocycles. The first-order valence-corrected chi connectivity index (χ1v) is 5.22. The van der Waals surface area contributed by atoms with Crippen molar-refractivity contribution < 1.29 is 4.79 Å². The highest BCUT2D eigenvalue weighted by Gasteiger charge is 2.21. The second kappa shape index (κ2) is 3.00. The fourth-order valence-electron chi connectivity index (χ4n) is 2.06. The summed E-state index contributed by atoms with van der Waals surface area (Å²) in [4.78, 5) is 14.7. The lowest BCUT2D eigenvalue weighted by Gasteiger charge is -2.11. The van der Waals surface area contributed by atoms with Gasteiger partial charge < -0.3 is 10.3 Å². The van der Waals surface area contributed by atoms with E-state index >= 15 is 0 Å². The van der Waals surface area contributed by atoms with E-state index in [0.29, 0.717) is 17.3 Å². The third-order valence-electron chi connectivity index (χ3n) is 2.76. The highest BCUT2D eigenvalue weighted by molar-refractivity contribution is 6.31. The van der Waals surface area contributed by atoms with Crippen molar-refractivity contribution in [3.63, 3.8) is 0 Å². The number of fused-ring (bicyclic) bond motifs is 3. The summed E-state index contributed by atoms with van der Waals surface area (Å²) in [5.41, 5.74) is 2.73. The van der Waals surface area contributed by atoms with Crippen LogP contribution >= 0.6 is 11.6 Å². The third-order valence-corrected chi connectivity index (χ3v) is 2.99. The van der Waals surface area contributed by atoms with Crippen LogP contribution in [-0.4, -0.2) is 17.4 Å². The molecule has 1 aliphatic rings. The molecule has 2 heterocycles.